The Kier molecular flexibility index (Phi) is 3.53. The highest BCUT2D eigenvalue weighted by atomic mass is 79.9. The fraction of sp³-hybridized carbons (Fsp3) is 0.267. The van der Waals surface area contributed by atoms with E-state index in [0.717, 1.165) is 41.1 Å². The summed E-state index contributed by atoms with van der Waals surface area (Å²) in [4.78, 5) is 4.45. The van der Waals surface area contributed by atoms with Gasteiger partial charge in [-0.2, -0.15) is 0 Å². The minimum atomic E-state index is 0.873. The molecular weight excluding hydrogens is 302 g/mol. The Morgan fingerprint density at radius 3 is 3.11 bits per heavy atom. The molecule has 0 saturated heterocycles. The SMILES string of the molecule is Cc1cnc(Nc2cccc3c2CCNC3)c(Br)c1. The number of aromatic nitrogens is 1. The average Bonchev–Trinajstić information content (AvgIpc) is 2.42. The van der Waals surface area contributed by atoms with Crippen molar-refractivity contribution in [3.05, 3.63) is 51.6 Å². The summed E-state index contributed by atoms with van der Waals surface area (Å²) in [6, 6.07) is 8.48. The molecule has 1 aliphatic heterocycles. The fourth-order valence-corrected chi connectivity index (χ4v) is 2.96. The van der Waals surface area contributed by atoms with Gasteiger partial charge in [-0.15, -0.1) is 0 Å². The Morgan fingerprint density at radius 2 is 2.26 bits per heavy atom. The Hall–Kier alpha value is -1.39. The molecule has 4 heteroatoms. The molecule has 0 bridgehead atoms. The van der Waals surface area contributed by atoms with Crippen LogP contribution in [0.1, 0.15) is 16.7 Å². The van der Waals surface area contributed by atoms with E-state index in [0.29, 0.717) is 0 Å². The van der Waals surface area contributed by atoms with Crippen LogP contribution in [-0.4, -0.2) is 11.5 Å². The minimum Gasteiger partial charge on any atom is -0.339 e. The predicted molar refractivity (Wildman–Crippen MR) is 81.8 cm³/mol. The van der Waals surface area contributed by atoms with Crippen molar-refractivity contribution in [1.29, 1.82) is 0 Å². The zero-order chi connectivity index (χ0) is 13.2. The highest BCUT2D eigenvalue weighted by molar-refractivity contribution is 9.10. The quantitative estimate of drug-likeness (QED) is 0.889. The molecule has 0 unspecified atom stereocenters. The molecule has 19 heavy (non-hydrogen) atoms. The maximum atomic E-state index is 4.45. The van der Waals surface area contributed by atoms with Crippen molar-refractivity contribution >= 4 is 27.4 Å². The van der Waals surface area contributed by atoms with E-state index in [9.17, 15) is 0 Å². The number of benzene rings is 1. The van der Waals surface area contributed by atoms with Gasteiger partial charge >= 0.3 is 0 Å². The average molecular weight is 318 g/mol. The van der Waals surface area contributed by atoms with E-state index in [1.54, 1.807) is 0 Å². The van der Waals surface area contributed by atoms with Gasteiger partial charge in [-0.05, 0) is 64.6 Å². The van der Waals surface area contributed by atoms with E-state index in [1.807, 2.05) is 13.1 Å². The first-order valence-electron chi connectivity index (χ1n) is 6.45. The van der Waals surface area contributed by atoms with Gasteiger partial charge in [0.15, 0.2) is 0 Å². The van der Waals surface area contributed by atoms with Gasteiger partial charge in [0.2, 0.25) is 0 Å². The van der Waals surface area contributed by atoms with Gasteiger partial charge in [-0.25, -0.2) is 4.98 Å². The number of halogens is 1. The molecule has 0 amide bonds. The summed E-state index contributed by atoms with van der Waals surface area (Å²) in [5.74, 6) is 0.873. The minimum absolute atomic E-state index is 0.873. The van der Waals surface area contributed by atoms with Crippen LogP contribution in [0.2, 0.25) is 0 Å². The number of nitrogens with one attached hydrogen (secondary N) is 2. The molecule has 1 aliphatic rings. The second-order valence-electron chi connectivity index (χ2n) is 4.84. The van der Waals surface area contributed by atoms with E-state index in [2.05, 4.69) is 55.8 Å². The van der Waals surface area contributed by atoms with Crippen LogP contribution in [0.25, 0.3) is 0 Å². The molecule has 1 aromatic heterocycles. The second kappa shape index (κ2) is 5.31. The van der Waals surface area contributed by atoms with Crippen molar-refractivity contribution in [2.75, 3.05) is 11.9 Å². The summed E-state index contributed by atoms with van der Waals surface area (Å²) in [7, 11) is 0. The number of hydrogen-bond donors (Lipinski definition) is 2. The maximum absolute atomic E-state index is 4.45. The Labute approximate surface area is 121 Å². The zero-order valence-corrected chi connectivity index (χ0v) is 12.4. The summed E-state index contributed by atoms with van der Waals surface area (Å²) in [5.41, 5.74) is 5.09. The van der Waals surface area contributed by atoms with Gasteiger partial charge in [0.25, 0.3) is 0 Å². The molecule has 0 saturated carbocycles. The Balaban J connectivity index is 1.95. The lowest BCUT2D eigenvalue weighted by Crippen LogP contribution is -2.24. The van der Waals surface area contributed by atoms with E-state index in [-0.39, 0.29) is 0 Å². The first-order valence-corrected chi connectivity index (χ1v) is 7.24. The van der Waals surface area contributed by atoms with Gasteiger partial charge in [-0.1, -0.05) is 12.1 Å². The van der Waals surface area contributed by atoms with Crippen LogP contribution in [0.4, 0.5) is 11.5 Å². The molecular formula is C15H16BrN3. The van der Waals surface area contributed by atoms with E-state index in [4.69, 9.17) is 0 Å². The number of anilines is 2. The number of hydrogen-bond acceptors (Lipinski definition) is 3. The molecule has 0 spiro atoms. The second-order valence-corrected chi connectivity index (χ2v) is 5.69. The Morgan fingerprint density at radius 1 is 1.37 bits per heavy atom. The fourth-order valence-electron chi connectivity index (χ4n) is 2.40. The molecule has 0 aliphatic carbocycles. The molecule has 2 aromatic rings. The first kappa shape index (κ1) is 12.6. The first-order chi connectivity index (χ1) is 9.24. The van der Waals surface area contributed by atoms with E-state index in [1.165, 1.54) is 11.1 Å². The molecule has 2 heterocycles. The lowest BCUT2D eigenvalue weighted by atomic mass is 9.99. The van der Waals surface area contributed by atoms with Crippen molar-refractivity contribution in [3.63, 3.8) is 0 Å². The highest BCUT2D eigenvalue weighted by Gasteiger charge is 2.13. The predicted octanol–water partition coefficient (Wildman–Crippen LogP) is 3.54. The Bertz CT molecular complexity index is 610. The van der Waals surface area contributed by atoms with Crippen LogP contribution >= 0.6 is 15.9 Å². The maximum Gasteiger partial charge on any atom is 0.144 e. The molecule has 3 nitrogen and oxygen atoms in total. The lowest BCUT2D eigenvalue weighted by molar-refractivity contribution is 0.645. The zero-order valence-electron chi connectivity index (χ0n) is 10.8. The summed E-state index contributed by atoms with van der Waals surface area (Å²) >= 11 is 3.56. The number of rotatable bonds is 2. The molecule has 1 aromatic carbocycles. The van der Waals surface area contributed by atoms with Gasteiger partial charge in [0, 0.05) is 18.4 Å². The third kappa shape index (κ3) is 2.65. The van der Waals surface area contributed by atoms with Gasteiger partial charge in [0.05, 0.1) is 4.47 Å². The molecule has 0 radical (unpaired) electrons. The van der Waals surface area contributed by atoms with Crippen molar-refractivity contribution in [2.24, 2.45) is 0 Å². The number of fused-ring (bicyclic) bond motifs is 1. The van der Waals surface area contributed by atoms with Crippen molar-refractivity contribution in [2.45, 2.75) is 19.9 Å². The van der Waals surface area contributed by atoms with Crippen LogP contribution in [0, 0.1) is 6.92 Å². The topological polar surface area (TPSA) is 37.0 Å². The van der Waals surface area contributed by atoms with E-state index >= 15 is 0 Å². The summed E-state index contributed by atoms with van der Waals surface area (Å²) in [6.45, 7) is 4.03. The molecule has 0 atom stereocenters. The number of aryl methyl sites for hydroxylation is 1. The third-order valence-electron chi connectivity index (χ3n) is 3.37. The summed E-state index contributed by atoms with van der Waals surface area (Å²) < 4.78 is 0.999. The summed E-state index contributed by atoms with van der Waals surface area (Å²) in [5, 5.41) is 6.84. The van der Waals surface area contributed by atoms with Crippen molar-refractivity contribution < 1.29 is 0 Å². The van der Waals surface area contributed by atoms with Crippen LogP contribution in [0.15, 0.2) is 34.9 Å². The molecule has 2 N–H and O–H groups in total. The third-order valence-corrected chi connectivity index (χ3v) is 3.98. The smallest absolute Gasteiger partial charge is 0.144 e. The molecule has 3 rings (SSSR count). The standard InChI is InChI=1S/C15H16BrN3/c1-10-7-13(16)15(18-8-10)19-14-4-2-3-11-9-17-6-5-12(11)14/h2-4,7-8,17H,5-6,9H2,1H3,(H,18,19). The van der Waals surface area contributed by atoms with Crippen molar-refractivity contribution in [1.82, 2.24) is 10.3 Å². The largest absolute Gasteiger partial charge is 0.339 e. The van der Waals surface area contributed by atoms with Crippen LogP contribution < -0.4 is 10.6 Å². The summed E-state index contributed by atoms with van der Waals surface area (Å²) in [6.07, 6.45) is 2.94. The normalized spacial score (nSPS) is 14.0. The van der Waals surface area contributed by atoms with Gasteiger partial charge in [0.1, 0.15) is 5.82 Å². The number of nitrogens with zero attached hydrogens (tertiary/aromatic N) is 1. The van der Waals surface area contributed by atoms with Gasteiger partial charge in [-0.3, -0.25) is 0 Å². The van der Waals surface area contributed by atoms with Crippen LogP contribution in [-0.2, 0) is 13.0 Å². The van der Waals surface area contributed by atoms with Crippen LogP contribution in [0.3, 0.4) is 0 Å². The monoisotopic (exact) mass is 317 g/mol. The lowest BCUT2D eigenvalue weighted by Gasteiger charge is -2.21. The molecule has 98 valence electrons. The van der Waals surface area contributed by atoms with Crippen molar-refractivity contribution in [3.8, 4) is 0 Å². The highest BCUT2D eigenvalue weighted by Crippen LogP contribution is 2.29. The van der Waals surface area contributed by atoms with Gasteiger partial charge < -0.3 is 10.6 Å². The van der Waals surface area contributed by atoms with E-state index < -0.39 is 0 Å². The molecule has 0 fully saturated rings. The number of pyridine rings is 1. The van der Waals surface area contributed by atoms with Crippen LogP contribution in [0.5, 0.6) is 0 Å².